The molecule has 3 rings (SSSR count). The molecule has 0 fully saturated rings. The zero-order chi connectivity index (χ0) is 13.4. The van der Waals surface area contributed by atoms with Crippen molar-refractivity contribution in [2.75, 3.05) is 0 Å². The van der Waals surface area contributed by atoms with Crippen LogP contribution in [-0.4, -0.2) is 14.6 Å². The van der Waals surface area contributed by atoms with Crippen LogP contribution in [0.25, 0.3) is 17.0 Å². The first-order valence-corrected chi connectivity index (χ1v) is 6.08. The molecular formula is C14H9ClN4. The highest BCUT2D eigenvalue weighted by atomic mass is 35.5. The van der Waals surface area contributed by atoms with Gasteiger partial charge in [-0.3, -0.25) is 4.40 Å². The average Bonchev–Trinajstić information content (AvgIpc) is 2.81. The molecule has 0 aliphatic carbocycles. The van der Waals surface area contributed by atoms with Gasteiger partial charge in [0.1, 0.15) is 0 Å². The van der Waals surface area contributed by atoms with Gasteiger partial charge in [0.25, 0.3) is 0 Å². The van der Waals surface area contributed by atoms with Crippen LogP contribution >= 0.6 is 11.6 Å². The Labute approximate surface area is 114 Å². The first-order chi connectivity index (χ1) is 9.19. The van der Waals surface area contributed by atoms with Gasteiger partial charge in [-0.2, -0.15) is 5.26 Å². The molecular weight excluding hydrogens is 260 g/mol. The molecule has 0 saturated carbocycles. The summed E-state index contributed by atoms with van der Waals surface area (Å²) in [5.41, 5.74) is 3.23. The zero-order valence-electron chi connectivity index (χ0n) is 10.1. The lowest BCUT2D eigenvalue weighted by molar-refractivity contribution is 1.11. The van der Waals surface area contributed by atoms with Gasteiger partial charge in [0.05, 0.1) is 11.6 Å². The van der Waals surface area contributed by atoms with Crippen LogP contribution < -0.4 is 0 Å². The number of benzene rings is 1. The fourth-order valence-electron chi connectivity index (χ4n) is 2.02. The molecule has 3 aromatic rings. The molecule has 0 radical (unpaired) electrons. The lowest BCUT2D eigenvalue weighted by atomic mass is 10.1. The van der Waals surface area contributed by atoms with Crippen molar-refractivity contribution in [3.63, 3.8) is 0 Å². The summed E-state index contributed by atoms with van der Waals surface area (Å²) >= 11 is 5.96. The van der Waals surface area contributed by atoms with Crippen LogP contribution in [0.2, 0.25) is 5.02 Å². The van der Waals surface area contributed by atoms with Crippen molar-refractivity contribution < 1.29 is 0 Å². The van der Waals surface area contributed by atoms with Crippen LogP contribution in [0.3, 0.4) is 0 Å². The van der Waals surface area contributed by atoms with E-state index in [4.69, 9.17) is 16.9 Å². The highest BCUT2D eigenvalue weighted by Gasteiger charge is 2.10. The summed E-state index contributed by atoms with van der Waals surface area (Å²) in [6.07, 6.45) is 1.80. The number of halogens is 1. The molecule has 0 N–H and O–H groups in total. The monoisotopic (exact) mass is 268 g/mol. The van der Waals surface area contributed by atoms with E-state index in [1.54, 1.807) is 18.3 Å². The summed E-state index contributed by atoms with van der Waals surface area (Å²) in [6, 6.07) is 11.2. The van der Waals surface area contributed by atoms with E-state index in [-0.39, 0.29) is 0 Å². The molecule has 5 heteroatoms. The van der Waals surface area contributed by atoms with E-state index in [2.05, 4.69) is 16.3 Å². The number of fused-ring (bicyclic) bond motifs is 1. The van der Waals surface area contributed by atoms with Gasteiger partial charge in [-0.25, -0.2) is 0 Å². The molecule has 0 amide bonds. The Hall–Kier alpha value is -2.38. The van der Waals surface area contributed by atoms with Gasteiger partial charge in [0, 0.05) is 22.8 Å². The van der Waals surface area contributed by atoms with Crippen LogP contribution in [0.4, 0.5) is 0 Å². The molecule has 19 heavy (non-hydrogen) atoms. The van der Waals surface area contributed by atoms with Crippen LogP contribution in [0.1, 0.15) is 11.1 Å². The Morgan fingerprint density at radius 3 is 2.79 bits per heavy atom. The summed E-state index contributed by atoms with van der Waals surface area (Å²) in [6.45, 7) is 1.98. The Balaban J connectivity index is 2.23. The predicted molar refractivity (Wildman–Crippen MR) is 72.9 cm³/mol. The Kier molecular flexibility index (Phi) is 2.69. The number of nitriles is 1. The molecule has 2 aromatic heterocycles. The first kappa shape index (κ1) is 11.7. The van der Waals surface area contributed by atoms with Crippen molar-refractivity contribution in [3.05, 3.63) is 52.7 Å². The molecule has 2 heterocycles. The lowest BCUT2D eigenvalue weighted by Gasteiger charge is -2.04. The average molecular weight is 269 g/mol. The third kappa shape index (κ3) is 1.94. The molecule has 0 unspecified atom stereocenters. The smallest absolute Gasteiger partial charge is 0.168 e. The van der Waals surface area contributed by atoms with E-state index in [9.17, 15) is 0 Å². The van der Waals surface area contributed by atoms with Gasteiger partial charge >= 0.3 is 0 Å². The summed E-state index contributed by atoms with van der Waals surface area (Å²) < 4.78 is 1.86. The van der Waals surface area contributed by atoms with E-state index < -0.39 is 0 Å². The van der Waals surface area contributed by atoms with Crippen molar-refractivity contribution in [3.8, 4) is 17.5 Å². The fourth-order valence-corrected chi connectivity index (χ4v) is 2.25. The van der Waals surface area contributed by atoms with Gasteiger partial charge in [0.2, 0.25) is 0 Å². The number of aromatic nitrogens is 3. The number of pyridine rings is 1. The van der Waals surface area contributed by atoms with E-state index >= 15 is 0 Å². The molecule has 1 aromatic carbocycles. The zero-order valence-corrected chi connectivity index (χ0v) is 10.9. The minimum absolute atomic E-state index is 0.569. The molecule has 0 atom stereocenters. The fraction of sp³-hybridized carbons (Fsp3) is 0.0714. The molecule has 0 saturated heterocycles. The normalized spacial score (nSPS) is 10.6. The minimum atomic E-state index is 0.569. The number of hydrogen-bond acceptors (Lipinski definition) is 3. The van der Waals surface area contributed by atoms with Crippen molar-refractivity contribution in [1.82, 2.24) is 14.6 Å². The Bertz CT molecular complexity index is 814. The van der Waals surface area contributed by atoms with Crippen LogP contribution in [0.5, 0.6) is 0 Å². The van der Waals surface area contributed by atoms with Crippen LogP contribution in [-0.2, 0) is 0 Å². The maximum absolute atomic E-state index is 8.87. The lowest BCUT2D eigenvalue weighted by Crippen LogP contribution is -1.92. The van der Waals surface area contributed by atoms with Crippen molar-refractivity contribution in [1.29, 1.82) is 5.26 Å². The maximum atomic E-state index is 8.87. The molecule has 0 aliphatic heterocycles. The molecule has 92 valence electrons. The topological polar surface area (TPSA) is 54.0 Å². The highest BCUT2D eigenvalue weighted by Crippen LogP contribution is 2.25. The number of rotatable bonds is 1. The predicted octanol–water partition coefficient (Wildman–Crippen LogP) is 3.23. The number of hydrogen-bond donors (Lipinski definition) is 0. The van der Waals surface area contributed by atoms with Crippen molar-refractivity contribution in [2.45, 2.75) is 6.92 Å². The Morgan fingerprint density at radius 2 is 2.05 bits per heavy atom. The standard InChI is InChI=1S/C14H9ClN4/c1-9-6-11(15)2-3-12(9)14-18-17-13-7-10(8-16)4-5-19(13)14/h2-7H,1H3. The summed E-state index contributed by atoms with van der Waals surface area (Å²) in [7, 11) is 0. The summed E-state index contributed by atoms with van der Waals surface area (Å²) in [5.74, 6) is 0.744. The quantitative estimate of drug-likeness (QED) is 0.681. The van der Waals surface area contributed by atoms with E-state index in [0.717, 1.165) is 17.0 Å². The third-order valence-electron chi connectivity index (χ3n) is 2.97. The second-order valence-electron chi connectivity index (χ2n) is 4.24. The Morgan fingerprint density at radius 1 is 1.21 bits per heavy atom. The molecule has 0 spiro atoms. The van der Waals surface area contributed by atoms with Gasteiger partial charge in [0.15, 0.2) is 11.5 Å². The number of aryl methyl sites for hydroxylation is 1. The maximum Gasteiger partial charge on any atom is 0.168 e. The van der Waals surface area contributed by atoms with Gasteiger partial charge in [-0.1, -0.05) is 11.6 Å². The molecule has 0 aliphatic rings. The van der Waals surface area contributed by atoms with Gasteiger partial charge in [-0.05, 0) is 36.8 Å². The third-order valence-corrected chi connectivity index (χ3v) is 3.20. The molecule has 4 nitrogen and oxygen atoms in total. The second-order valence-corrected chi connectivity index (χ2v) is 4.67. The molecule has 0 bridgehead atoms. The van der Waals surface area contributed by atoms with Crippen LogP contribution in [0.15, 0.2) is 36.5 Å². The van der Waals surface area contributed by atoms with Crippen molar-refractivity contribution in [2.24, 2.45) is 0 Å². The van der Waals surface area contributed by atoms with E-state index in [0.29, 0.717) is 16.2 Å². The first-order valence-electron chi connectivity index (χ1n) is 5.70. The number of nitrogens with zero attached hydrogens (tertiary/aromatic N) is 4. The summed E-state index contributed by atoms with van der Waals surface area (Å²) in [4.78, 5) is 0. The SMILES string of the molecule is Cc1cc(Cl)ccc1-c1nnc2cc(C#N)ccn12. The van der Waals surface area contributed by atoms with E-state index in [1.807, 2.05) is 29.5 Å². The highest BCUT2D eigenvalue weighted by molar-refractivity contribution is 6.30. The van der Waals surface area contributed by atoms with Gasteiger partial charge < -0.3 is 0 Å². The van der Waals surface area contributed by atoms with Crippen LogP contribution in [0, 0.1) is 18.3 Å². The van der Waals surface area contributed by atoms with Gasteiger partial charge in [-0.15, -0.1) is 10.2 Å². The van der Waals surface area contributed by atoms with Crippen molar-refractivity contribution >= 4 is 17.2 Å². The summed E-state index contributed by atoms with van der Waals surface area (Å²) in [5, 5.41) is 17.9. The van der Waals surface area contributed by atoms with E-state index in [1.165, 1.54) is 0 Å². The minimum Gasteiger partial charge on any atom is -0.282 e. The second kappa shape index (κ2) is 4.38. The largest absolute Gasteiger partial charge is 0.282 e.